The van der Waals surface area contributed by atoms with E-state index in [9.17, 15) is 4.39 Å². The van der Waals surface area contributed by atoms with E-state index < -0.39 is 0 Å². The van der Waals surface area contributed by atoms with Gasteiger partial charge in [0.2, 0.25) is 0 Å². The molecule has 1 aromatic rings. The molecule has 3 heteroatoms. The van der Waals surface area contributed by atoms with Crippen LogP contribution in [0.4, 0.5) is 4.39 Å². The van der Waals surface area contributed by atoms with E-state index >= 15 is 0 Å². The highest BCUT2D eigenvalue weighted by molar-refractivity contribution is 5.15. The van der Waals surface area contributed by atoms with Gasteiger partial charge in [-0.1, -0.05) is 12.1 Å². The number of ether oxygens (including phenoxy) is 1. The number of nitrogens with one attached hydrogen (secondary N) is 1. The molecule has 0 aliphatic rings. The highest BCUT2D eigenvalue weighted by Crippen LogP contribution is 2.03. The lowest BCUT2D eigenvalue weighted by atomic mass is 10.2. The molecule has 2 nitrogen and oxygen atoms in total. The normalized spacial score (nSPS) is 12.8. The SMILES string of the molecule is COCC(C)NCc1cccc(F)c1. The van der Waals surface area contributed by atoms with Crippen LogP contribution in [0.25, 0.3) is 0 Å². The minimum atomic E-state index is -0.191. The third kappa shape index (κ3) is 3.85. The van der Waals surface area contributed by atoms with Gasteiger partial charge >= 0.3 is 0 Å². The summed E-state index contributed by atoms with van der Waals surface area (Å²) in [6.45, 7) is 3.36. The van der Waals surface area contributed by atoms with Gasteiger partial charge in [-0.05, 0) is 24.6 Å². The zero-order valence-electron chi connectivity index (χ0n) is 8.59. The maximum atomic E-state index is 12.8. The molecule has 1 aromatic carbocycles. The van der Waals surface area contributed by atoms with Crippen LogP contribution in [0.5, 0.6) is 0 Å². The van der Waals surface area contributed by atoms with Crippen LogP contribution in [0, 0.1) is 5.82 Å². The molecule has 0 saturated carbocycles. The van der Waals surface area contributed by atoms with E-state index in [4.69, 9.17) is 4.74 Å². The monoisotopic (exact) mass is 197 g/mol. The molecular weight excluding hydrogens is 181 g/mol. The largest absolute Gasteiger partial charge is 0.383 e. The fourth-order valence-electron chi connectivity index (χ4n) is 1.25. The number of methoxy groups -OCH3 is 1. The standard InChI is InChI=1S/C11H16FNO/c1-9(8-14-2)13-7-10-4-3-5-11(12)6-10/h3-6,9,13H,7-8H2,1-2H3. The summed E-state index contributed by atoms with van der Waals surface area (Å²) in [6.07, 6.45) is 0. The fraction of sp³-hybridized carbons (Fsp3) is 0.455. The van der Waals surface area contributed by atoms with Crippen LogP contribution >= 0.6 is 0 Å². The Kier molecular flexibility index (Phi) is 4.56. The van der Waals surface area contributed by atoms with E-state index in [1.807, 2.05) is 13.0 Å². The molecule has 0 spiro atoms. The van der Waals surface area contributed by atoms with Crippen LogP contribution in [-0.2, 0) is 11.3 Å². The van der Waals surface area contributed by atoms with Crippen LogP contribution in [0.1, 0.15) is 12.5 Å². The molecule has 0 fully saturated rings. The molecule has 14 heavy (non-hydrogen) atoms. The number of benzene rings is 1. The van der Waals surface area contributed by atoms with Gasteiger partial charge in [0.15, 0.2) is 0 Å². The number of hydrogen-bond donors (Lipinski definition) is 1. The lowest BCUT2D eigenvalue weighted by Crippen LogP contribution is -2.29. The molecule has 0 radical (unpaired) electrons. The maximum absolute atomic E-state index is 12.8. The lowest BCUT2D eigenvalue weighted by Gasteiger charge is -2.12. The average Bonchev–Trinajstić information content (AvgIpc) is 2.15. The van der Waals surface area contributed by atoms with Gasteiger partial charge in [0.1, 0.15) is 5.82 Å². The molecule has 78 valence electrons. The highest BCUT2D eigenvalue weighted by atomic mass is 19.1. The van der Waals surface area contributed by atoms with Gasteiger partial charge in [-0.25, -0.2) is 4.39 Å². The topological polar surface area (TPSA) is 21.3 Å². The average molecular weight is 197 g/mol. The van der Waals surface area contributed by atoms with Crippen LogP contribution in [0.2, 0.25) is 0 Å². The first-order chi connectivity index (χ1) is 6.72. The molecule has 0 aromatic heterocycles. The molecule has 0 saturated heterocycles. The van der Waals surface area contributed by atoms with E-state index in [0.717, 1.165) is 5.56 Å². The second kappa shape index (κ2) is 5.73. The highest BCUT2D eigenvalue weighted by Gasteiger charge is 2.00. The van der Waals surface area contributed by atoms with Crippen molar-refractivity contribution in [2.24, 2.45) is 0 Å². The molecule has 0 aliphatic carbocycles. The summed E-state index contributed by atoms with van der Waals surface area (Å²) in [5.41, 5.74) is 0.952. The van der Waals surface area contributed by atoms with E-state index in [1.165, 1.54) is 12.1 Å². The maximum Gasteiger partial charge on any atom is 0.123 e. The van der Waals surface area contributed by atoms with Gasteiger partial charge in [-0.2, -0.15) is 0 Å². The van der Waals surface area contributed by atoms with Gasteiger partial charge in [-0.15, -0.1) is 0 Å². The lowest BCUT2D eigenvalue weighted by molar-refractivity contribution is 0.171. The minimum absolute atomic E-state index is 0.191. The van der Waals surface area contributed by atoms with Crippen molar-refractivity contribution in [3.63, 3.8) is 0 Å². The number of rotatable bonds is 5. The molecule has 0 amide bonds. The van der Waals surface area contributed by atoms with Gasteiger partial charge in [0.05, 0.1) is 6.61 Å². The van der Waals surface area contributed by atoms with Crippen LogP contribution < -0.4 is 5.32 Å². The van der Waals surface area contributed by atoms with Crippen LogP contribution in [0.3, 0.4) is 0 Å². The van der Waals surface area contributed by atoms with Crippen molar-refractivity contribution in [1.82, 2.24) is 5.32 Å². The molecule has 0 aliphatic heterocycles. The summed E-state index contributed by atoms with van der Waals surface area (Å²) in [6, 6.07) is 6.88. The summed E-state index contributed by atoms with van der Waals surface area (Å²) < 4.78 is 17.8. The number of halogens is 1. The van der Waals surface area contributed by atoms with E-state index in [-0.39, 0.29) is 11.9 Å². The van der Waals surface area contributed by atoms with Crippen molar-refractivity contribution in [2.45, 2.75) is 19.5 Å². The zero-order chi connectivity index (χ0) is 10.4. The molecule has 1 unspecified atom stereocenters. The Bertz CT molecular complexity index is 278. The Hall–Kier alpha value is -0.930. The predicted octanol–water partition coefficient (Wildman–Crippen LogP) is 1.95. The number of hydrogen-bond acceptors (Lipinski definition) is 2. The van der Waals surface area contributed by atoms with Gasteiger partial charge in [-0.3, -0.25) is 0 Å². The quantitative estimate of drug-likeness (QED) is 0.779. The van der Waals surface area contributed by atoms with E-state index in [0.29, 0.717) is 13.2 Å². The summed E-state index contributed by atoms with van der Waals surface area (Å²) in [5.74, 6) is -0.191. The molecule has 1 N–H and O–H groups in total. The second-order valence-corrected chi connectivity index (χ2v) is 3.37. The third-order valence-electron chi connectivity index (χ3n) is 1.96. The first-order valence-electron chi connectivity index (χ1n) is 4.69. The van der Waals surface area contributed by atoms with Crippen LogP contribution in [0.15, 0.2) is 24.3 Å². The van der Waals surface area contributed by atoms with Crippen molar-refractivity contribution in [3.05, 3.63) is 35.6 Å². The Balaban J connectivity index is 2.37. The van der Waals surface area contributed by atoms with Crippen molar-refractivity contribution < 1.29 is 9.13 Å². The Morgan fingerprint density at radius 3 is 2.93 bits per heavy atom. The molecule has 1 atom stereocenters. The van der Waals surface area contributed by atoms with Crippen molar-refractivity contribution in [3.8, 4) is 0 Å². The zero-order valence-corrected chi connectivity index (χ0v) is 8.59. The fourth-order valence-corrected chi connectivity index (χ4v) is 1.25. The van der Waals surface area contributed by atoms with Gasteiger partial charge in [0, 0.05) is 19.7 Å². The summed E-state index contributed by atoms with van der Waals surface area (Å²) in [5, 5.41) is 3.24. The molecule has 1 rings (SSSR count). The summed E-state index contributed by atoms with van der Waals surface area (Å²) in [7, 11) is 1.67. The van der Waals surface area contributed by atoms with Crippen molar-refractivity contribution in [1.29, 1.82) is 0 Å². The Morgan fingerprint density at radius 2 is 2.29 bits per heavy atom. The second-order valence-electron chi connectivity index (χ2n) is 3.37. The summed E-state index contributed by atoms with van der Waals surface area (Å²) in [4.78, 5) is 0. The Morgan fingerprint density at radius 1 is 1.50 bits per heavy atom. The van der Waals surface area contributed by atoms with Crippen LogP contribution in [-0.4, -0.2) is 19.8 Å². The van der Waals surface area contributed by atoms with Gasteiger partial charge < -0.3 is 10.1 Å². The third-order valence-corrected chi connectivity index (χ3v) is 1.96. The van der Waals surface area contributed by atoms with Crippen molar-refractivity contribution in [2.75, 3.05) is 13.7 Å². The smallest absolute Gasteiger partial charge is 0.123 e. The molecule has 0 heterocycles. The first kappa shape index (κ1) is 11.1. The summed E-state index contributed by atoms with van der Waals surface area (Å²) >= 11 is 0. The van der Waals surface area contributed by atoms with Gasteiger partial charge in [0.25, 0.3) is 0 Å². The van der Waals surface area contributed by atoms with E-state index in [2.05, 4.69) is 5.32 Å². The Labute approximate surface area is 84.1 Å². The first-order valence-corrected chi connectivity index (χ1v) is 4.69. The minimum Gasteiger partial charge on any atom is -0.383 e. The molecular formula is C11H16FNO. The van der Waals surface area contributed by atoms with E-state index in [1.54, 1.807) is 13.2 Å². The molecule has 0 bridgehead atoms. The van der Waals surface area contributed by atoms with Crippen molar-refractivity contribution >= 4 is 0 Å². The predicted molar refractivity (Wildman–Crippen MR) is 54.6 cm³/mol.